The molecule has 0 saturated carbocycles. The molecule has 3 heterocycles. The number of hydrogen-bond donors (Lipinski definition) is 0. The van der Waals surface area contributed by atoms with Crippen LogP contribution in [0.5, 0.6) is 5.88 Å². The Balaban J connectivity index is 1.37. The molecule has 1 aromatic carbocycles. The summed E-state index contributed by atoms with van der Waals surface area (Å²) in [5.41, 5.74) is 1.48. The molecular weight excluding hydrogens is 344 g/mol. The second-order valence-electron chi connectivity index (χ2n) is 6.57. The predicted molar refractivity (Wildman–Crippen MR) is 98.2 cm³/mol. The highest BCUT2D eigenvalue weighted by atomic mass is 16.5. The maximum absolute atomic E-state index is 12.6. The van der Waals surface area contributed by atoms with Crippen molar-refractivity contribution in [2.24, 2.45) is 5.92 Å². The number of likely N-dealkylation sites (tertiary alicyclic amines) is 1. The van der Waals surface area contributed by atoms with Gasteiger partial charge in [0.1, 0.15) is 0 Å². The zero-order chi connectivity index (χ0) is 18.6. The third-order valence-corrected chi connectivity index (χ3v) is 4.72. The summed E-state index contributed by atoms with van der Waals surface area (Å²) < 4.78 is 10.8. The first kappa shape index (κ1) is 17.2. The van der Waals surface area contributed by atoms with E-state index >= 15 is 0 Å². The third-order valence-electron chi connectivity index (χ3n) is 4.72. The van der Waals surface area contributed by atoms with Gasteiger partial charge in [0, 0.05) is 37.3 Å². The van der Waals surface area contributed by atoms with Crippen LogP contribution in [0.15, 0.2) is 53.1 Å². The quantitative estimate of drug-likeness (QED) is 0.692. The molecule has 0 bridgehead atoms. The minimum absolute atomic E-state index is 0.0110. The van der Waals surface area contributed by atoms with E-state index < -0.39 is 0 Å². The fraction of sp³-hybridized carbons (Fsp3) is 0.300. The van der Waals surface area contributed by atoms with Crippen molar-refractivity contribution in [2.75, 3.05) is 20.2 Å². The van der Waals surface area contributed by atoms with E-state index in [4.69, 9.17) is 9.15 Å². The molecule has 1 atom stereocenters. The van der Waals surface area contributed by atoms with Gasteiger partial charge >= 0.3 is 0 Å². The topological polar surface area (TPSA) is 81.4 Å². The van der Waals surface area contributed by atoms with Gasteiger partial charge in [0.05, 0.1) is 12.7 Å². The van der Waals surface area contributed by atoms with Crippen molar-refractivity contribution in [3.05, 3.63) is 60.1 Å². The standard InChI is InChI=1S/C20H20N4O3/c1-26-17-8-7-16(12-21-17)20(25)24-10-9-14(13-24)11-18-22-23-19(27-18)15-5-3-2-4-6-15/h2-8,12,14H,9-11,13H2,1H3. The highest BCUT2D eigenvalue weighted by molar-refractivity contribution is 5.94. The Morgan fingerprint density at radius 2 is 2.07 bits per heavy atom. The number of ether oxygens (including phenoxy) is 1. The van der Waals surface area contributed by atoms with Crippen LogP contribution in [-0.4, -0.2) is 46.2 Å². The molecule has 1 amide bonds. The number of methoxy groups -OCH3 is 1. The summed E-state index contributed by atoms with van der Waals surface area (Å²) in [6.07, 6.45) is 3.14. The summed E-state index contributed by atoms with van der Waals surface area (Å²) in [6.45, 7) is 1.39. The van der Waals surface area contributed by atoms with Crippen LogP contribution in [0.4, 0.5) is 0 Å². The number of hydrogen-bond acceptors (Lipinski definition) is 6. The van der Waals surface area contributed by atoms with Gasteiger partial charge in [-0.05, 0) is 30.5 Å². The number of rotatable bonds is 5. The van der Waals surface area contributed by atoms with Gasteiger partial charge in [0.25, 0.3) is 5.91 Å². The first-order valence-corrected chi connectivity index (χ1v) is 8.90. The molecule has 0 spiro atoms. The van der Waals surface area contributed by atoms with E-state index in [9.17, 15) is 4.79 Å². The molecule has 4 rings (SSSR count). The van der Waals surface area contributed by atoms with Crippen LogP contribution in [0, 0.1) is 5.92 Å². The van der Waals surface area contributed by atoms with Crippen molar-refractivity contribution in [1.29, 1.82) is 0 Å². The zero-order valence-electron chi connectivity index (χ0n) is 15.0. The zero-order valence-corrected chi connectivity index (χ0v) is 15.0. The van der Waals surface area contributed by atoms with Crippen molar-refractivity contribution in [1.82, 2.24) is 20.1 Å². The highest BCUT2D eigenvalue weighted by Gasteiger charge is 2.28. The van der Waals surface area contributed by atoms with Gasteiger partial charge in [-0.25, -0.2) is 4.98 Å². The van der Waals surface area contributed by atoms with E-state index in [1.54, 1.807) is 25.4 Å². The minimum atomic E-state index is -0.0110. The summed E-state index contributed by atoms with van der Waals surface area (Å²) in [5.74, 6) is 1.93. The van der Waals surface area contributed by atoms with Crippen molar-refractivity contribution in [2.45, 2.75) is 12.8 Å². The molecule has 2 aromatic heterocycles. The maximum atomic E-state index is 12.6. The van der Waals surface area contributed by atoms with Crippen LogP contribution in [0.1, 0.15) is 22.7 Å². The fourth-order valence-electron chi connectivity index (χ4n) is 3.27. The SMILES string of the molecule is COc1ccc(C(=O)N2CCC(Cc3nnc(-c4ccccc4)o3)C2)cn1. The average Bonchev–Trinajstić information content (AvgIpc) is 3.38. The monoisotopic (exact) mass is 364 g/mol. The average molecular weight is 364 g/mol. The Bertz CT molecular complexity index is 908. The van der Waals surface area contributed by atoms with E-state index in [0.29, 0.717) is 42.1 Å². The van der Waals surface area contributed by atoms with Crippen LogP contribution in [0.25, 0.3) is 11.5 Å². The Morgan fingerprint density at radius 3 is 2.81 bits per heavy atom. The van der Waals surface area contributed by atoms with E-state index in [2.05, 4.69) is 15.2 Å². The van der Waals surface area contributed by atoms with E-state index in [0.717, 1.165) is 18.5 Å². The molecule has 7 nitrogen and oxygen atoms in total. The first-order valence-electron chi connectivity index (χ1n) is 8.90. The minimum Gasteiger partial charge on any atom is -0.481 e. The molecule has 1 saturated heterocycles. The normalized spacial score (nSPS) is 16.5. The Hall–Kier alpha value is -3.22. The van der Waals surface area contributed by atoms with Crippen molar-refractivity contribution < 1.29 is 13.9 Å². The number of pyridine rings is 1. The van der Waals surface area contributed by atoms with E-state index in [1.165, 1.54) is 0 Å². The second kappa shape index (κ2) is 7.57. The lowest BCUT2D eigenvalue weighted by atomic mass is 10.1. The number of nitrogens with zero attached hydrogens (tertiary/aromatic N) is 4. The van der Waals surface area contributed by atoms with E-state index in [1.807, 2.05) is 35.2 Å². The molecule has 0 aliphatic carbocycles. The van der Waals surface area contributed by atoms with Crippen LogP contribution in [0.3, 0.4) is 0 Å². The molecule has 1 aliphatic heterocycles. The summed E-state index contributed by atoms with van der Waals surface area (Å²) in [6, 6.07) is 13.1. The lowest BCUT2D eigenvalue weighted by Gasteiger charge is -2.16. The van der Waals surface area contributed by atoms with Gasteiger partial charge in [-0.3, -0.25) is 4.79 Å². The summed E-state index contributed by atoms with van der Waals surface area (Å²) in [4.78, 5) is 18.6. The lowest BCUT2D eigenvalue weighted by molar-refractivity contribution is 0.0786. The molecule has 0 radical (unpaired) electrons. The van der Waals surface area contributed by atoms with Crippen LogP contribution < -0.4 is 4.74 Å². The van der Waals surface area contributed by atoms with Crippen LogP contribution in [-0.2, 0) is 6.42 Å². The number of aromatic nitrogens is 3. The summed E-state index contributed by atoms with van der Waals surface area (Å²) >= 11 is 0. The number of carbonyl (C=O) groups is 1. The van der Waals surface area contributed by atoms with Crippen molar-refractivity contribution in [3.63, 3.8) is 0 Å². The number of amides is 1. The molecule has 1 aliphatic rings. The van der Waals surface area contributed by atoms with Crippen molar-refractivity contribution >= 4 is 5.91 Å². The van der Waals surface area contributed by atoms with Crippen LogP contribution in [0.2, 0.25) is 0 Å². The summed E-state index contributed by atoms with van der Waals surface area (Å²) in [5, 5.41) is 8.29. The highest BCUT2D eigenvalue weighted by Crippen LogP contribution is 2.24. The largest absolute Gasteiger partial charge is 0.481 e. The van der Waals surface area contributed by atoms with Crippen molar-refractivity contribution in [3.8, 4) is 17.3 Å². The molecule has 0 N–H and O–H groups in total. The smallest absolute Gasteiger partial charge is 0.255 e. The predicted octanol–water partition coefficient (Wildman–Crippen LogP) is 2.85. The van der Waals surface area contributed by atoms with Gasteiger partial charge in [-0.2, -0.15) is 0 Å². The van der Waals surface area contributed by atoms with Gasteiger partial charge in [0.15, 0.2) is 0 Å². The second-order valence-corrected chi connectivity index (χ2v) is 6.57. The van der Waals surface area contributed by atoms with Gasteiger partial charge in [0.2, 0.25) is 17.7 Å². The molecule has 3 aromatic rings. The first-order chi connectivity index (χ1) is 13.2. The fourth-order valence-corrected chi connectivity index (χ4v) is 3.27. The van der Waals surface area contributed by atoms with Gasteiger partial charge < -0.3 is 14.1 Å². The van der Waals surface area contributed by atoms with Gasteiger partial charge in [-0.1, -0.05) is 18.2 Å². The molecular formula is C20H20N4O3. The maximum Gasteiger partial charge on any atom is 0.255 e. The van der Waals surface area contributed by atoms with E-state index in [-0.39, 0.29) is 5.91 Å². The Morgan fingerprint density at radius 1 is 1.22 bits per heavy atom. The molecule has 1 fully saturated rings. The Kier molecular flexibility index (Phi) is 4.82. The molecule has 1 unspecified atom stereocenters. The Labute approximate surface area is 157 Å². The van der Waals surface area contributed by atoms with Crippen LogP contribution >= 0.6 is 0 Å². The van der Waals surface area contributed by atoms with Gasteiger partial charge in [-0.15, -0.1) is 10.2 Å². The number of benzene rings is 1. The third kappa shape index (κ3) is 3.81. The molecule has 138 valence electrons. The molecule has 27 heavy (non-hydrogen) atoms. The molecule has 7 heteroatoms. The summed E-state index contributed by atoms with van der Waals surface area (Å²) in [7, 11) is 1.55. The number of carbonyl (C=O) groups excluding carboxylic acids is 1. The lowest BCUT2D eigenvalue weighted by Crippen LogP contribution is -2.29.